The number of carboxylic acids is 1. The molecule has 0 bridgehead atoms. The molecular weight excluding hydrogens is 272 g/mol. The van der Waals surface area contributed by atoms with Gasteiger partial charge in [-0.2, -0.15) is 0 Å². The first-order chi connectivity index (χ1) is 9.81. The maximum atomic E-state index is 11.1. The fourth-order valence-electron chi connectivity index (χ4n) is 2.63. The molecule has 1 saturated heterocycles. The molecule has 3 unspecified atom stereocenters. The Kier molecular flexibility index (Phi) is 6.65. The largest absolute Gasteiger partial charge is 0.481 e. The Bertz CT molecular complexity index is 364. The minimum atomic E-state index is -0.658. The second-order valence-electron chi connectivity index (χ2n) is 6.54. The van der Waals surface area contributed by atoms with Crippen LogP contribution in [0.1, 0.15) is 59.3 Å². The molecular formula is C16H28O5. The van der Waals surface area contributed by atoms with E-state index in [-0.39, 0.29) is 23.4 Å². The van der Waals surface area contributed by atoms with Crippen molar-refractivity contribution in [3.63, 3.8) is 0 Å². The molecule has 122 valence electrons. The summed E-state index contributed by atoms with van der Waals surface area (Å²) >= 11 is 0. The molecule has 1 saturated carbocycles. The highest BCUT2D eigenvalue weighted by atomic mass is 16.6. The molecule has 1 heterocycles. The number of epoxide rings is 1. The van der Waals surface area contributed by atoms with Gasteiger partial charge in [0, 0.05) is 0 Å². The summed E-state index contributed by atoms with van der Waals surface area (Å²) in [6, 6.07) is 0. The second-order valence-corrected chi connectivity index (χ2v) is 6.54. The molecule has 0 spiro atoms. The zero-order chi connectivity index (χ0) is 16.0. The first-order valence-electron chi connectivity index (χ1n) is 7.78. The van der Waals surface area contributed by atoms with E-state index in [2.05, 4.69) is 11.7 Å². The minimum Gasteiger partial charge on any atom is -0.481 e. The molecule has 1 aliphatic heterocycles. The molecule has 0 aromatic rings. The molecule has 5 heteroatoms. The third-order valence-corrected chi connectivity index (χ3v) is 4.25. The molecule has 2 rings (SSSR count). The van der Waals surface area contributed by atoms with Crippen molar-refractivity contribution in [1.29, 1.82) is 0 Å². The second kappa shape index (κ2) is 7.78. The number of unbranched alkanes of at least 4 members (excludes halogenated alkanes) is 1. The SMILES string of the molecule is CCCCC(C)(C)C(=O)OC.O=C(O)C1CCC2OC2C1. The Hall–Kier alpha value is -1.10. The van der Waals surface area contributed by atoms with Crippen molar-refractivity contribution in [3.05, 3.63) is 0 Å². The number of esters is 1. The van der Waals surface area contributed by atoms with E-state index < -0.39 is 5.97 Å². The van der Waals surface area contributed by atoms with Crippen LogP contribution in [-0.4, -0.2) is 36.4 Å². The highest BCUT2D eigenvalue weighted by Crippen LogP contribution is 2.39. The predicted molar refractivity (Wildman–Crippen MR) is 79.0 cm³/mol. The van der Waals surface area contributed by atoms with Gasteiger partial charge in [0.15, 0.2) is 0 Å². The quantitative estimate of drug-likeness (QED) is 0.624. The molecule has 0 amide bonds. The number of carboxylic acid groups (broad SMARTS) is 1. The number of hydrogen-bond acceptors (Lipinski definition) is 4. The van der Waals surface area contributed by atoms with Crippen molar-refractivity contribution < 1.29 is 24.2 Å². The van der Waals surface area contributed by atoms with E-state index in [1.807, 2.05) is 13.8 Å². The first-order valence-corrected chi connectivity index (χ1v) is 7.78. The van der Waals surface area contributed by atoms with Gasteiger partial charge < -0.3 is 14.6 Å². The van der Waals surface area contributed by atoms with E-state index in [1.54, 1.807) is 0 Å². The standard InChI is InChI=1S/C9H18O2.C7H10O3/c1-5-6-7-9(2,3)8(10)11-4;8-7(9)4-1-2-5-6(3-4)10-5/h5-7H2,1-4H3;4-6H,1-3H2,(H,8,9). The van der Waals surface area contributed by atoms with Gasteiger partial charge in [0.05, 0.1) is 30.7 Å². The van der Waals surface area contributed by atoms with Crippen molar-refractivity contribution in [2.24, 2.45) is 11.3 Å². The topological polar surface area (TPSA) is 76.1 Å². The molecule has 3 atom stereocenters. The predicted octanol–water partition coefficient (Wildman–Crippen LogP) is 3.01. The highest BCUT2D eigenvalue weighted by molar-refractivity contribution is 5.75. The zero-order valence-electron chi connectivity index (χ0n) is 13.6. The van der Waals surface area contributed by atoms with Gasteiger partial charge in [0.2, 0.25) is 0 Å². The van der Waals surface area contributed by atoms with Gasteiger partial charge in [0.25, 0.3) is 0 Å². The van der Waals surface area contributed by atoms with Crippen LogP contribution in [0, 0.1) is 11.3 Å². The molecule has 0 aromatic carbocycles. The number of methoxy groups -OCH3 is 1. The average Bonchev–Trinajstić information content (AvgIpc) is 3.23. The van der Waals surface area contributed by atoms with Gasteiger partial charge in [-0.15, -0.1) is 0 Å². The number of ether oxygens (including phenoxy) is 2. The van der Waals surface area contributed by atoms with E-state index in [0.717, 1.165) is 38.5 Å². The van der Waals surface area contributed by atoms with Crippen LogP contribution in [-0.2, 0) is 19.1 Å². The van der Waals surface area contributed by atoms with Crippen molar-refractivity contribution in [2.45, 2.75) is 71.5 Å². The molecule has 21 heavy (non-hydrogen) atoms. The lowest BCUT2D eigenvalue weighted by molar-refractivity contribution is -0.151. The normalized spacial score (nSPS) is 27.0. The number of carbonyl (C=O) groups is 2. The Balaban J connectivity index is 0.000000210. The van der Waals surface area contributed by atoms with E-state index in [1.165, 1.54) is 7.11 Å². The summed E-state index contributed by atoms with van der Waals surface area (Å²) in [7, 11) is 1.44. The minimum absolute atomic E-state index is 0.106. The van der Waals surface area contributed by atoms with Gasteiger partial charge in [-0.05, 0) is 39.5 Å². The van der Waals surface area contributed by atoms with E-state index >= 15 is 0 Å². The van der Waals surface area contributed by atoms with Crippen LogP contribution < -0.4 is 0 Å². The molecule has 2 aliphatic rings. The molecule has 0 aromatic heterocycles. The number of aliphatic carboxylic acids is 1. The summed E-state index contributed by atoms with van der Waals surface area (Å²) in [5.41, 5.74) is -0.301. The lowest BCUT2D eigenvalue weighted by Gasteiger charge is -2.20. The van der Waals surface area contributed by atoms with Crippen molar-refractivity contribution in [3.8, 4) is 0 Å². The van der Waals surface area contributed by atoms with Crippen LogP contribution in [0.4, 0.5) is 0 Å². The Morgan fingerprint density at radius 2 is 1.95 bits per heavy atom. The summed E-state index contributed by atoms with van der Waals surface area (Å²) in [6.45, 7) is 5.97. The summed E-state index contributed by atoms with van der Waals surface area (Å²) < 4.78 is 9.87. The summed E-state index contributed by atoms with van der Waals surface area (Å²) in [5.74, 6) is -0.899. The maximum absolute atomic E-state index is 11.1. The number of rotatable bonds is 5. The Labute approximate surface area is 127 Å². The van der Waals surface area contributed by atoms with E-state index in [4.69, 9.17) is 9.84 Å². The van der Waals surface area contributed by atoms with Crippen molar-refractivity contribution in [1.82, 2.24) is 0 Å². The number of fused-ring (bicyclic) bond motifs is 1. The van der Waals surface area contributed by atoms with Gasteiger partial charge in [-0.25, -0.2) is 0 Å². The lowest BCUT2D eigenvalue weighted by Crippen LogP contribution is -2.25. The third-order valence-electron chi connectivity index (χ3n) is 4.25. The average molecular weight is 300 g/mol. The van der Waals surface area contributed by atoms with Gasteiger partial charge in [-0.1, -0.05) is 19.8 Å². The number of hydrogen-bond donors (Lipinski definition) is 1. The molecule has 0 radical (unpaired) electrons. The first kappa shape index (κ1) is 18.0. The van der Waals surface area contributed by atoms with Crippen LogP contribution >= 0.6 is 0 Å². The molecule has 1 aliphatic carbocycles. The van der Waals surface area contributed by atoms with E-state index in [0.29, 0.717) is 6.10 Å². The van der Waals surface area contributed by atoms with Crippen LogP contribution in [0.5, 0.6) is 0 Å². The third kappa shape index (κ3) is 5.65. The monoisotopic (exact) mass is 300 g/mol. The summed E-state index contributed by atoms with van der Waals surface area (Å²) in [6.07, 6.45) is 6.31. The Morgan fingerprint density at radius 1 is 1.29 bits per heavy atom. The van der Waals surface area contributed by atoms with Crippen LogP contribution in [0.2, 0.25) is 0 Å². The zero-order valence-corrected chi connectivity index (χ0v) is 13.6. The highest BCUT2D eigenvalue weighted by Gasteiger charge is 2.45. The molecule has 5 nitrogen and oxygen atoms in total. The molecule has 2 fully saturated rings. The fraction of sp³-hybridized carbons (Fsp3) is 0.875. The van der Waals surface area contributed by atoms with Crippen LogP contribution in [0.15, 0.2) is 0 Å². The van der Waals surface area contributed by atoms with Gasteiger partial charge in [0.1, 0.15) is 0 Å². The lowest BCUT2D eigenvalue weighted by atomic mass is 9.87. The molecule has 1 N–H and O–H groups in total. The van der Waals surface area contributed by atoms with Gasteiger partial charge in [-0.3, -0.25) is 9.59 Å². The number of carbonyl (C=O) groups excluding carboxylic acids is 1. The fourth-order valence-corrected chi connectivity index (χ4v) is 2.63. The Morgan fingerprint density at radius 3 is 2.43 bits per heavy atom. The van der Waals surface area contributed by atoms with Crippen LogP contribution in [0.3, 0.4) is 0 Å². The smallest absolute Gasteiger partial charge is 0.311 e. The summed E-state index contributed by atoms with van der Waals surface area (Å²) in [5, 5.41) is 8.62. The van der Waals surface area contributed by atoms with Crippen molar-refractivity contribution >= 4 is 11.9 Å². The van der Waals surface area contributed by atoms with E-state index in [9.17, 15) is 9.59 Å². The van der Waals surface area contributed by atoms with Crippen molar-refractivity contribution in [2.75, 3.05) is 7.11 Å². The van der Waals surface area contributed by atoms with Gasteiger partial charge >= 0.3 is 11.9 Å². The maximum Gasteiger partial charge on any atom is 0.311 e. The van der Waals surface area contributed by atoms with Crippen LogP contribution in [0.25, 0.3) is 0 Å². The summed E-state index contributed by atoms with van der Waals surface area (Å²) in [4.78, 5) is 21.6.